The van der Waals surface area contributed by atoms with Crippen molar-refractivity contribution in [3.63, 3.8) is 0 Å². The lowest BCUT2D eigenvalue weighted by molar-refractivity contribution is -0.137. The van der Waals surface area contributed by atoms with Crippen LogP contribution in [0.2, 0.25) is 0 Å². The molecule has 0 aliphatic carbocycles. The molecule has 0 bridgehead atoms. The van der Waals surface area contributed by atoms with Crippen LogP contribution in [0.5, 0.6) is 0 Å². The summed E-state index contributed by atoms with van der Waals surface area (Å²) in [6, 6.07) is 12.7. The predicted molar refractivity (Wildman–Crippen MR) is 125 cm³/mol. The Kier molecular flexibility index (Phi) is 6.55. The minimum absolute atomic E-state index is 0.0919. The average Bonchev–Trinajstić information content (AvgIpc) is 3.20. The summed E-state index contributed by atoms with van der Waals surface area (Å²) in [7, 11) is 3.89. The second-order valence-corrected chi connectivity index (χ2v) is 7.86. The fourth-order valence-corrected chi connectivity index (χ4v) is 3.40. The highest BCUT2D eigenvalue weighted by molar-refractivity contribution is 5.85. The SMILES string of the molecule is CN(C)c1cccc(Nc2nc(NCCO)c3ncn(Cc4ccc(C(F)(F)F)cc4)c3n2)c1. The van der Waals surface area contributed by atoms with Crippen LogP contribution in [-0.2, 0) is 12.7 Å². The van der Waals surface area contributed by atoms with E-state index in [1.54, 1.807) is 10.9 Å². The first kappa shape index (κ1) is 23.3. The standard InChI is InChI=1S/C23H24F3N7O/c1-32(2)18-5-3-4-17(12-18)29-22-30-20(27-10-11-34)19-21(31-22)33(14-28-19)13-15-6-8-16(9-7-15)23(24,25)26/h3-9,12,14,34H,10-11,13H2,1-2H3,(H2,27,29,30,31). The lowest BCUT2D eigenvalue weighted by Crippen LogP contribution is -2.11. The molecule has 178 valence electrons. The number of aliphatic hydroxyl groups is 1. The van der Waals surface area contributed by atoms with Crippen LogP contribution < -0.4 is 15.5 Å². The summed E-state index contributed by atoms with van der Waals surface area (Å²) < 4.78 is 40.4. The fraction of sp³-hybridized carbons (Fsp3) is 0.261. The van der Waals surface area contributed by atoms with E-state index in [1.807, 2.05) is 43.3 Å². The maximum absolute atomic E-state index is 12.9. The molecule has 0 saturated heterocycles. The largest absolute Gasteiger partial charge is 0.416 e. The number of hydrogen-bond acceptors (Lipinski definition) is 7. The van der Waals surface area contributed by atoms with Gasteiger partial charge in [-0.2, -0.15) is 23.1 Å². The molecule has 3 N–H and O–H groups in total. The zero-order chi connectivity index (χ0) is 24.3. The average molecular weight is 471 g/mol. The molecule has 11 heteroatoms. The van der Waals surface area contributed by atoms with Crippen LogP contribution >= 0.6 is 0 Å². The second-order valence-electron chi connectivity index (χ2n) is 7.86. The normalized spacial score (nSPS) is 11.6. The summed E-state index contributed by atoms with van der Waals surface area (Å²) in [5.74, 6) is 0.759. The zero-order valence-corrected chi connectivity index (χ0v) is 18.6. The number of alkyl halides is 3. The van der Waals surface area contributed by atoms with Crippen molar-refractivity contribution < 1.29 is 18.3 Å². The number of aromatic nitrogens is 4. The molecule has 2 aromatic heterocycles. The number of benzene rings is 2. The zero-order valence-electron chi connectivity index (χ0n) is 18.6. The van der Waals surface area contributed by atoms with Crippen LogP contribution in [-0.4, -0.2) is 51.9 Å². The Labute approximate surface area is 194 Å². The summed E-state index contributed by atoms with van der Waals surface area (Å²) >= 11 is 0. The third-order valence-corrected chi connectivity index (χ3v) is 5.12. The highest BCUT2D eigenvalue weighted by atomic mass is 19.4. The number of imidazole rings is 1. The maximum atomic E-state index is 12.9. The van der Waals surface area contributed by atoms with Crippen molar-refractivity contribution in [2.45, 2.75) is 12.7 Å². The Morgan fingerprint density at radius 2 is 1.82 bits per heavy atom. The first-order chi connectivity index (χ1) is 16.2. The lowest BCUT2D eigenvalue weighted by Gasteiger charge is -2.14. The summed E-state index contributed by atoms with van der Waals surface area (Å²) in [4.78, 5) is 15.5. The van der Waals surface area contributed by atoms with E-state index in [9.17, 15) is 18.3 Å². The number of rotatable bonds is 8. The molecular formula is C23H24F3N7O. The highest BCUT2D eigenvalue weighted by Crippen LogP contribution is 2.30. The molecule has 2 heterocycles. The van der Waals surface area contributed by atoms with Gasteiger partial charge in [-0.3, -0.25) is 0 Å². The van der Waals surface area contributed by atoms with Gasteiger partial charge in [0.15, 0.2) is 17.0 Å². The van der Waals surface area contributed by atoms with Crippen molar-refractivity contribution >= 4 is 34.3 Å². The maximum Gasteiger partial charge on any atom is 0.416 e. The molecule has 0 saturated carbocycles. The first-order valence-corrected chi connectivity index (χ1v) is 10.5. The molecule has 0 fully saturated rings. The van der Waals surface area contributed by atoms with Crippen LogP contribution in [0.25, 0.3) is 11.2 Å². The molecule has 0 radical (unpaired) electrons. The van der Waals surface area contributed by atoms with Gasteiger partial charge >= 0.3 is 6.18 Å². The minimum atomic E-state index is -4.38. The Morgan fingerprint density at radius 3 is 2.50 bits per heavy atom. The Balaban J connectivity index is 1.68. The van der Waals surface area contributed by atoms with Crippen LogP contribution in [0.1, 0.15) is 11.1 Å². The molecule has 0 atom stereocenters. The van der Waals surface area contributed by atoms with Gasteiger partial charge in [0.05, 0.1) is 25.0 Å². The quantitative estimate of drug-likeness (QED) is 0.356. The molecule has 0 spiro atoms. The molecule has 4 aromatic rings. The molecule has 34 heavy (non-hydrogen) atoms. The molecule has 0 amide bonds. The fourth-order valence-electron chi connectivity index (χ4n) is 3.40. The number of aliphatic hydroxyl groups excluding tert-OH is 1. The molecule has 0 unspecified atom stereocenters. The van der Waals surface area contributed by atoms with Gasteiger partial charge in [0.1, 0.15) is 0 Å². The van der Waals surface area contributed by atoms with Crippen molar-refractivity contribution in [3.8, 4) is 0 Å². The predicted octanol–water partition coefficient (Wildman–Crippen LogP) is 4.11. The number of anilines is 4. The smallest absolute Gasteiger partial charge is 0.395 e. The van der Waals surface area contributed by atoms with Crippen molar-refractivity contribution in [1.82, 2.24) is 19.5 Å². The van der Waals surface area contributed by atoms with E-state index < -0.39 is 11.7 Å². The third-order valence-electron chi connectivity index (χ3n) is 5.12. The number of hydrogen-bond donors (Lipinski definition) is 3. The molecule has 8 nitrogen and oxygen atoms in total. The van der Waals surface area contributed by atoms with E-state index in [4.69, 9.17) is 0 Å². The van der Waals surface area contributed by atoms with Crippen molar-refractivity contribution in [2.24, 2.45) is 0 Å². The monoisotopic (exact) mass is 471 g/mol. The van der Waals surface area contributed by atoms with E-state index in [0.717, 1.165) is 23.5 Å². The Morgan fingerprint density at radius 1 is 1.06 bits per heavy atom. The Hall–Kier alpha value is -3.86. The molecule has 0 aliphatic rings. The van der Waals surface area contributed by atoms with Crippen molar-refractivity contribution in [2.75, 3.05) is 42.8 Å². The molecule has 0 aliphatic heterocycles. The minimum Gasteiger partial charge on any atom is -0.395 e. The van der Waals surface area contributed by atoms with Gasteiger partial charge in [-0.15, -0.1) is 0 Å². The van der Waals surface area contributed by atoms with Crippen LogP contribution in [0.4, 0.5) is 36.3 Å². The summed E-state index contributed by atoms with van der Waals surface area (Å²) in [6.45, 7) is 0.458. The van der Waals surface area contributed by atoms with Gasteiger partial charge in [-0.1, -0.05) is 18.2 Å². The second kappa shape index (κ2) is 9.56. The highest BCUT2D eigenvalue weighted by Gasteiger charge is 2.30. The number of nitrogens with zero attached hydrogens (tertiary/aromatic N) is 5. The van der Waals surface area contributed by atoms with E-state index in [0.29, 0.717) is 28.5 Å². The van der Waals surface area contributed by atoms with E-state index in [2.05, 4.69) is 25.6 Å². The number of halogens is 3. The molecular weight excluding hydrogens is 447 g/mol. The van der Waals surface area contributed by atoms with Crippen molar-refractivity contribution in [1.29, 1.82) is 0 Å². The number of nitrogens with one attached hydrogen (secondary N) is 2. The summed E-state index contributed by atoms with van der Waals surface area (Å²) in [6.07, 6.45) is -2.82. The summed E-state index contributed by atoms with van der Waals surface area (Å²) in [5.41, 5.74) is 2.75. The van der Waals surface area contributed by atoms with Crippen molar-refractivity contribution in [3.05, 3.63) is 66.0 Å². The van der Waals surface area contributed by atoms with Crippen LogP contribution in [0.3, 0.4) is 0 Å². The molecule has 2 aromatic carbocycles. The summed E-state index contributed by atoms with van der Waals surface area (Å²) in [5, 5.41) is 15.5. The van der Waals surface area contributed by atoms with Gasteiger partial charge in [-0.05, 0) is 35.9 Å². The van der Waals surface area contributed by atoms with E-state index in [1.165, 1.54) is 12.1 Å². The Bertz CT molecular complexity index is 1270. The van der Waals surface area contributed by atoms with Gasteiger partial charge in [-0.25, -0.2) is 4.98 Å². The van der Waals surface area contributed by atoms with Gasteiger partial charge in [0, 0.05) is 32.0 Å². The topological polar surface area (TPSA) is 91.1 Å². The van der Waals surface area contributed by atoms with Crippen LogP contribution in [0.15, 0.2) is 54.9 Å². The lowest BCUT2D eigenvalue weighted by atomic mass is 10.1. The number of fused-ring (bicyclic) bond motifs is 1. The van der Waals surface area contributed by atoms with E-state index >= 15 is 0 Å². The van der Waals surface area contributed by atoms with Crippen LogP contribution in [0, 0.1) is 0 Å². The van der Waals surface area contributed by atoms with Gasteiger partial charge < -0.3 is 25.2 Å². The van der Waals surface area contributed by atoms with Gasteiger partial charge in [0.2, 0.25) is 5.95 Å². The van der Waals surface area contributed by atoms with Gasteiger partial charge in [0.25, 0.3) is 0 Å². The third kappa shape index (κ3) is 5.20. The molecule has 4 rings (SSSR count). The van der Waals surface area contributed by atoms with E-state index in [-0.39, 0.29) is 19.7 Å². The first-order valence-electron chi connectivity index (χ1n) is 10.5.